The fraction of sp³-hybridized carbons (Fsp3) is 0.0303. The lowest BCUT2D eigenvalue weighted by Gasteiger charge is -2.34. The van der Waals surface area contributed by atoms with Gasteiger partial charge in [-0.25, -0.2) is 0 Å². The summed E-state index contributed by atoms with van der Waals surface area (Å²) < 4.78 is 7.58. The van der Waals surface area contributed by atoms with E-state index in [2.05, 4.69) is 146 Å². The van der Waals surface area contributed by atoms with Crippen LogP contribution in [0.5, 0.6) is 5.75 Å². The smallest absolute Gasteiger partial charge is 0.346 e. The lowest BCUT2D eigenvalue weighted by Crippen LogP contribution is -2.71. The SMILES string of the molecule is Cc1ccc2cc3ccccc3c(O[Si](c3ccccc3)(c3ccccc3)c3ccccc3)c2c1. The molecule has 2 heteroatoms. The first-order valence-corrected chi connectivity index (χ1v) is 13.9. The summed E-state index contributed by atoms with van der Waals surface area (Å²) in [5.74, 6) is 0.963. The monoisotopic (exact) mass is 466 g/mol. The van der Waals surface area contributed by atoms with Crippen LogP contribution >= 0.6 is 0 Å². The van der Waals surface area contributed by atoms with Gasteiger partial charge in [0.2, 0.25) is 0 Å². The topological polar surface area (TPSA) is 9.23 Å². The van der Waals surface area contributed by atoms with E-state index in [9.17, 15) is 0 Å². The second kappa shape index (κ2) is 8.90. The summed E-state index contributed by atoms with van der Waals surface area (Å²) in [6.07, 6.45) is 0. The Morgan fingerprint density at radius 3 is 1.51 bits per heavy atom. The van der Waals surface area contributed by atoms with Gasteiger partial charge in [-0.1, -0.05) is 133 Å². The summed E-state index contributed by atoms with van der Waals surface area (Å²) in [6, 6.07) is 49.8. The van der Waals surface area contributed by atoms with E-state index in [0.29, 0.717) is 0 Å². The number of fused-ring (bicyclic) bond motifs is 2. The van der Waals surface area contributed by atoms with E-state index >= 15 is 0 Å². The number of hydrogen-bond donors (Lipinski definition) is 0. The summed E-state index contributed by atoms with van der Waals surface area (Å²) in [5, 5.41) is 8.37. The van der Waals surface area contributed by atoms with Crippen LogP contribution in [-0.2, 0) is 0 Å². The highest BCUT2D eigenvalue weighted by molar-refractivity contribution is 7.07. The first-order chi connectivity index (χ1) is 17.3. The molecular formula is C33H26OSi. The number of rotatable bonds is 5. The first kappa shape index (κ1) is 21.4. The van der Waals surface area contributed by atoms with E-state index in [-0.39, 0.29) is 0 Å². The molecule has 0 unspecified atom stereocenters. The van der Waals surface area contributed by atoms with Crippen LogP contribution in [0.25, 0.3) is 21.5 Å². The Morgan fingerprint density at radius 2 is 0.943 bits per heavy atom. The van der Waals surface area contributed by atoms with E-state index in [4.69, 9.17) is 4.43 Å². The summed E-state index contributed by atoms with van der Waals surface area (Å²) >= 11 is 0. The first-order valence-electron chi connectivity index (χ1n) is 12.0. The number of hydrogen-bond acceptors (Lipinski definition) is 1. The Morgan fingerprint density at radius 1 is 0.457 bits per heavy atom. The van der Waals surface area contributed by atoms with Gasteiger partial charge in [-0.3, -0.25) is 0 Å². The Kier molecular flexibility index (Phi) is 5.44. The van der Waals surface area contributed by atoms with E-state index < -0.39 is 8.32 Å². The predicted molar refractivity (Wildman–Crippen MR) is 151 cm³/mol. The molecule has 0 spiro atoms. The van der Waals surface area contributed by atoms with Crippen LogP contribution in [0, 0.1) is 6.92 Å². The third kappa shape index (κ3) is 3.73. The fourth-order valence-corrected chi connectivity index (χ4v) is 8.96. The zero-order valence-corrected chi connectivity index (χ0v) is 20.7. The van der Waals surface area contributed by atoms with Crippen molar-refractivity contribution in [2.45, 2.75) is 6.92 Å². The molecule has 0 saturated heterocycles. The molecule has 6 rings (SSSR count). The van der Waals surface area contributed by atoms with Crippen LogP contribution in [0.2, 0.25) is 0 Å². The van der Waals surface area contributed by atoms with Crippen LogP contribution in [0.1, 0.15) is 5.56 Å². The maximum Gasteiger partial charge on any atom is 0.346 e. The van der Waals surface area contributed by atoms with E-state index in [0.717, 1.165) is 16.5 Å². The van der Waals surface area contributed by atoms with Crippen LogP contribution in [0.4, 0.5) is 0 Å². The minimum Gasteiger partial charge on any atom is -0.529 e. The Hall–Kier alpha value is -4.14. The second-order valence-electron chi connectivity index (χ2n) is 9.03. The molecule has 1 nitrogen and oxygen atoms in total. The van der Waals surface area contributed by atoms with Crippen molar-refractivity contribution >= 4 is 45.4 Å². The van der Waals surface area contributed by atoms with Crippen molar-refractivity contribution in [3.8, 4) is 5.75 Å². The van der Waals surface area contributed by atoms with Crippen molar-refractivity contribution in [1.29, 1.82) is 0 Å². The Balaban J connectivity index is 1.74. The molecule has 0 atom stereocenters. The van der Waals surface area contributed by atoms with Crippen LogP contribution in [0.15, 0.2) is 140 Å². The van der Waals surface area contributed by atoms with Gasteiger partial charge in [-0.15, -0.1) is 0 Å². The zero-order chi connectivity index (χ0) is 23.7. The van der Waals surface area contributed by atoms with Gasteiger partial charge >= 0.3 is 8.32 Å². The minimum atomic E-state index is -2.92. The molecule has 0 saturated carbocycles. The number of aryl methyl sites for hydroxylation is 1. The predicted octanol–water partition coefficient (Wildman–Crippen LogP) is 6.35. The largest absolute Gasteiger partial charge is 0.529 e. The van der Waals surface area contributed by atoms with E-state index in [1.165, 1.54) is 31.9 Å². The van der Waals surface area contributed by atoms with Gasteiger partial charge in [-0.2, -0.15) is 0 Å². The van der Waals surface area contributed by atoms with E-state index in [1.807, 2.05) is 0 Å². The molecule has 168 valence electrons. The Bertz CT molecular complexity index is 1510. The molecule has 0 aliphatic carbocycles. The quantitative estimate of drug-likeness (QED) is 0.163. The third-order valence-corrected chi connectivity index (χ3v) is 10.7. The van der Waals surface area contributed by atoms with Gasteiger partial charge in [0, 0.05) is 10.8 Å². The van der Waals surface area contributed by atoms with Crippen LogP contribution in [0.3, 0.4) is 0 Å². The van der Waals surface area contributed by atoms with Gasteiger partial charge < -0.3 is 4.43 Å². The summed E-state index contributed by atoms with van der Waals surface area (Å²) in [4.78, 5) is 0. The summed E-state index contributed by atoms with van der Waals surface area (Å²) in [6.45, 7) is 2.15. The van der Waals surface area contributed by atoms with Gasteiger partial charge in [0.15, 0.2) is 0 Å². The molecule has 0 aliphatic rings. The maximum atomic E-state index is 7.58. The molecule has 0 N–H and O–H groups in total. The van der Waals surface area contributed by atoms with Gasteiger partial charge in [0.25, 0.3) is 0 Å². The molecule has 0 aliphatic heterocycles. The average Bonchev–Trinajstić information content (AvgIpc) is 2.93. The lowest BCUT2D eigenvalue weighted by molar-refractivity contribution is 0.590. The molecule has 0 amide bonds. The van der Waals surface area contributed by atoms with Crippen molar-refractivity contribution < 1.29 is 4.43 Å². The second-order valence-corrected chi connectivity index (χ2v) is 12.3. The normalized spacial score (nSPS) is 11.6. The van der Waals surface area contributed by atoms with Gasteiger partial charge in [0.1, 0.15) is 5.75 Å². The van der Waals surface area contributed by atoms with Crippen molar-refractivity contribution in [3.05, 3.63) is 145 Å². The van der Waals surface area contributed by atoms with Crippen molar-refractivity contribution in [3.63, 3.8) is 0 Å². The molecule has 0 aromatic heterocycles. The highest BCUT2D eigenvalue weighted by Gasteiger charge is 2.44. The molecule has 0 heterocycles. The highest BCUT2D eigenvalue weighted by atomic mass is 28.4. The lowest BCUT2D eigenvalue weighted by atomic mass is 10.0. The van der Waals surface area contributed by atoms with E-state index in [1.54, 1.807) is 0 Å². The number of benzene rings is 6. The van der Waals surface area contributed by atoms with Crippen molar-refractivity contribution in [2.24, 2.45) is 0 Å². The summed E-state index contributed by atoms with van der Waals surface area (Å²) in [7, 11) is -2.92. The molecule has 0 fully saturated rings. The molecule has 6 aromatic carbocycles. The van der Waals surface area contributed by atoms with Crippen molar-refractivity contribution in [1.82, 2.24) is 0 Å². The third-order valence-electron chi connectivity index (χ3n) is 6.77. The fourth-order valence-electron chi connectivity index (χ4n) is 5.09. The Labute approximate surface area is 207 Å². The standard InChI is InChI=1S/C33H26OSi/c1-25-21-22-27-24-26-13-11-12-20-31(26)33(32(27)23-25)34-35(28-14-5-2-6-15-28,29-16-7-3-8-17-29)30-18-9-4-10-19-30/h2-24H,1H3. The molecule has 0 bridgehead atoms. The molecule has 35 heavy (non-hydrogen) atoms. The minimum absolute atomic E-state index is 0.963. The zero-order valence-electron chi connectivity index (χ0n) is 19.7. The maximum absolute atomic E-state index is 7.58. The molecule has 6 aromatic rings. The molecule has 0 radical (unpaired) electrons. The average molecular weight is 467 g/mol. The van der Waals surface area contributed by atoms with Gasteiger partial charge in [-0.05, 0) is 45.4 Å². The van der Waals surface area contributed by atoms with Gasteiger partial charge in [0.05, 0.1) is 0 Å². The van der Waals surface area contributed by atoms with Crippen LogP contribution in [-0.4, -0.2) is 8.32 Å². The van der Waals surface area contributed by atoms with Crippen LogP contribution < -0.4 is 20.0 Å². The summed E-state index contributed by atoms with van der Waals surface area (Å²) in [5.41, 5.74) is 1.23. The highest BCUT2D eigenvalue weighted by Crippen LogP contribution is 2.37. The van der Waals surface area contributed by atoms with Crippen molar-refractivity contribution in [2.75, 3.05) is 0 Å². The molecular weight excluding hydrogens is 440 g/mol.